The Bertz CT molecular complexity index is 419. The number of anilines is 1. The van der Waals surface area contributed by atoms with E-state index in [1.165, 1.54) is 6.33 Å². The zero-order valence-electron chi connectivity index (χ0n) is 9.81. The number of nitrogens with one attached hydrogen (secondary N) is 1. The van der Waals surface area contributed by atoms with Crippen LogP contribution in [0.3, 0.4) is 0 Å². The maximum absolute atomic E-state index is 4.16. The molecule has 0 amide bonds. The molecule has 1 aromatic rings. The van der Waals surface area contributed by atoms with Crippen LogP contribution in [0.5, 0.6) is 0 Å². The summed E-state index contributed by atoms with van der Waals surface area (Å²) < 4.78 is 0. The highest BCUT2D eigenvalue weighted by Gasteiger charge is 1.97. The van der Waals surface area contributed by atoms with Crippen LogP contribution in [0.25, 0.3) is 0 Å². The largest absolute Gasteiger partial charge is 0.324 e. The van der Waals surface area contributed by atoms with Crippen molar-refractivity contribution in [3.05, 3.63) is 48.2 Å². The first-order valence-electron chi connectivity index (χ1n) is 5.14. The van der Waals surface area contributed by atoms with Crippen LogP contribution in [0, 0.1) is 6.92 Å². The van der Waals surface area contributed by atoms with Crippen LogP contribution in [0.15, 0.2) is 42.4 Å². The number of nitrogens with zero attached hydrogens (tertiary/aromatic N) is 3. The Kier molecular flexibility index (Phi) is 4.92. The summed E-state index contributed by atoms with van der Waals surface area (Å²) in [5.74, 6) is 1.26. The second kappa shape index (κ2) is 6.50. The van der Waals surface area contributed by atoms with Crippen LogP contribution < -0.4 is 5.32 Å². The van der Waals surface area contributed by atoms with E-state index in [0.29, 0.717) is 11.8 Å². The molecule has 0 saturated carbocycles. The molecule has 4 nitrogen and oxygen atoms in total. The minimum Gasteiger partial charge on any atom is -0.324 e. The van der Waals surface area contributed by atoms with Crippen molar-refractivity contribution in [2.24, 2.45) is 0 Å². The van der Waals surface area contributed by atoms with Gasteiger partial charge >= 0.3 is 0 Å². The number of aromatic nitrogens is 3. The maximum atomic E-state index is 4.16. The lowest BCUT2D eigenvalue weighted by atomic mass is 10.3. The van der Waals surface area contributed by atoms with Gasteiger partial charge in [-0.3, -0.25) is 0 Å². The molecule has 1 rings (SSSR count). The topological polar surface area (TPSA) is 50.7 Å². The molecule has 0 aromatic carbocycles. The molecule has 4 heteroatoms. The Hall–Kier alpha value is -1.97. The zero-order valence-corrected chi connectivity index (χ0v) is 9.81. The summed E-state index contributed by atoms with van der Waals surface area (Å²) >= 11 is 0. The van der Waals surface area contributed by atoms with Gasteiger partial charge in [-0.05, 0) is 26.8 Å². The Morgan fingerprint density at radius 1 is 1.25 bits per heavy atom. The highest BCUT2D eigenvalue weighted by Crippen LogP contribution is 2.03. The van der Waals surface area contributed by atoms with E-state index < -0.39 is 0 Å². The number of hydrogen-bond acceptors (Lipinski definition) is 4. The van der Waals surface area contributed by atoms with E-state index in [-0.39, 0.29) is 0 Å². The van der Waals surface area contributed by atoms with Gasteiger partial charge in [-0.15, -0.1) is 0 Å². The van der Waals surface area contributed by atoms with E-state index >= 15 is 0 Å². The van der Waals surface area contributed by atoms with Crippen LogP contribution in [0.4, 0.5) is 5.95 Å². The molecule has 1 heterocycles. The van der Waals surface area contributed by atoms with Crippen molar-refractivity contribution in [2.75, 3.05) is 5.32 Å². The predicted octanol–water partition coefficient (Wildman–Crippen LogP) is 2.63. The fourth-order valence-electron chi connectivity index (χ4n) is 1.05. The van der Waals surface area contributed by atoms with E-state index in [9.17, 15) is 0 Å². The Morgan fingerprint density at radius 3 is 2.69 bits per heavy atom. The normalized spacial score (nSPS) is 12.6. The summed E-state index contributed by atoms with van der Waals surface area (Å²) in [5.41, 5.74) is 0.948. The molecular weight excluding hydrogens is 200 g/mol. The molecule has 1 N–H and O–H groups in total. The number of aryl methyl sites for hydroxylation is 1. The van der Waals surface area contributed by atoms with Gasteiger partial charge in [-0.2, -0.15) is 4.98 Å². The summed E-state index contributed by atoms with van der Waals surface area (Å²) in [6, 6.07) is 0. The first-order valence-corrected chi connectivity index (χ1v) is 5.14. The van der Waals surface area contributed by atoms with E-state index in [4.69, 9.17) is 0 Å². The summed E-state index contributed by atoms with van der Waals surface area (Å²) in [6.45, 7) is 5.76. The van der Waals surface area contributed by atoms with Crippen molar-refractivity contribution in [1.29, 1.82) is 0 Å². The number of allylic oxidation sites excluding steroid dienone is 5. The second-order valence-electron chi connectivity index (χ2n) is 3.11. The van der Waals surface area contributed by atoms with Gasteiger partial charge in [0, 0.05) is 5.70 Å². The minimum atomic E-state index is 0.561. The molecule has 1 aromatic heterocycles. The van der Waals surface area contributed by atoms with Gasteiger partial charge in [0.1, 0.15) is 12.2 Å². The third-order valence-corrected chi connectivity index (χ3v) is 1.84. The zero-order chi connectivity index (χ0) is 11.8. The Morgan fingerprint density at radius 2 is 2.06 bits per heavy atom. The first-order chi connectivity index (χ1) is 7.76. The summed E-state index contributed by atoms with van der Waals surface area (Å²) in [4.78, 5) is 12.1. The van der Waals surface area contributed by atoms with Crippen LogP contribution in [0.2, 0.25) is 0 Å². The lowest BCUT2D eigenvalue weighted by molar-refractivity contribution is 0.977. The number of rotatable bonds is 4. The van der Waals surface area contributed by atoms with Crippen LogP contribution >= 0.6 is 0 Å². The van der Waals surface area contributed by atoms with E-state index in [1.54, 1.807) is 0 Å². The van der Waals surface area contributed by atoms with Crippen molar-refractivity contribution in [2.45, 2.75) is 20.8 Å². The lowest BCUT2D eigenvalue weighted by Gasteiger charge is -2.04. The van der Waals surface area contributed by atoms with Crippen LogP contribution in [-0.2, 0) is 0 Å². The molecule has 0 fully saturated rings. The van der Waals surface area contributed by atoms with Crippen molar-refractivity contribution in [1.82, 2.24) is 15.0 Å². The molecule has 0 unspecified atom stereocenters. The standard InChI is InChI=1S/C12H16N4/c1-4-6-7-8-11(5-2)16-12-14-9-13-10(3)15-12/h4-9H,1-3H3,(H,13,14,15,16)/b6-4-,8-7-,11-5+. The third kappa shape index (κ3) is 4.04. The molecule has 0 aliphatic heterocycles. The van der Waals surface area contributed by atoms with Crippen molar-refractivity contribution >= 4 is 5.95 Å². The second-order valence-corrected chi connectivity index (χ2v) is 3.11. The summed E-state index contributed by atoms with van der Waals surface area (Å²) in [6.07, 6.45) is 11.3. The summed E-state index contributed by atoms with van der Waals surface area (Å²) in [7, 11) is 0. The molecule has 0 aliphatic carbocycles. The van der Waals surface area contributed by atoms with E-state index in [0.717, 1.165) is 5.70 Å². The molecule has 0 radical (unpaired) electrons. The lowest BCUT2D eigenvalue weighted by Crippen LogP contribution is -2.03. The molecule has 0 bridgehead atoms. The molecular formula is C12H16N4. The van der Waals surface area contributed by atoms with Gasteiger partial charge in [0.2, 0.25) is 5.95 Å². The Balaban J connectivity index is 2.71. The smallest absolute Gasteiger partial charge is 0.230 e. The van der Waals surface area contributed by atoms with Gasteiger partial charge in [-0.25, -0.2) is 9.97 Å². The average molecular weight is 216 g/mol. The molecule has 16 heavy (non-hydrogen) atoms. The van der Waals surface area contributed by atoms with Crippen molar-refractivity contribution < 1.29 is 0 Å². The number of hydrogen-bond donors (Lipinski definition) is 1. The first kappa shape index (κ1) is 12.1. The van der Waals surface area contributed by atoms with Gasteiger partial charge in [0.05, 0.1) is 0 Å². The highest BCUT2D eigenvalue weighted by molar-refractivity contribution is 5.39. The maximum Gasteiger partial charge on any atom is 0.230 e. The van der Waals surface area contributed by atoms with E-state index in [2.05, 4.69) is 20.3 Å². The van der Waals surface area contributed by atoms with E-state index in [1.807, 2.05) is 51.2 Å². The molecule has 0 atom stereocenters. The molecule has 0 spiro atoms. The van der Waals surface area contributed by atoms with Gasteiger partial charge in [0.25, 0.3) is 0 Å². The van der Waals surface area contributed by atoms with Gasteiger partial charge < -0.3 is 5.32 Å². The van der Waals surface area contributed by atoms with Gasteiger partial charge in [0.15, 0.2) is 0 Å². The fourth-order valence-corrected chi connectivity index (χ4v) is 1.05. The van der Waals surface area contributed by atoms with Crippen molar-refractivity contribution in [3.8, 4) is 0 Å². The van der Waals surface area contributed by atoms with Crippen LogP contribution in [-0.4, -0.2) is 15.0 Å². The van der Waals surface area contributed by atoms with Gasteiger partial charge in [-0.1, -0.05) is 24.3 Å². The van der Waals surface area contributed by atoms with Crippen LogP contribution in [0.1, 0.15) is 19.7 Å². The SMILES string of the molecule is C\C=C/C=C\C(=C/C)Nc1ncnc(C)n1. The highest BCUT2D eigenvalue weighted by atomic mass is 15.1. The molecule has 84 valence electrons. The monoisotopic (exact) mass is 216 g/mol. The predicted molar refractivity (Wildman–Crippen MR) is 65.9 cm³/mol. The fraction of sp³-hybridized carbons (Fsp3) is 0.250. The average Bonchev–Trinajstić information content (AvgIpc) is 2.28. The summed E-state index contributed by atoms with van der Waals surface area (Å²) in [5, 5.41) is 3.11. The quantitative estimate of drug-likeness (QED) is 0.786. The molecule has 0 saturated heterocycles. The molecule has 0 aliphatic rings. The third-order valence-electron chi connectivity index (χ3n) is 1.84. The Labute approximate surface area is 95.9 Å². The van der Waals surface area contributed by atoms with Crippen molar-refractivity contribution in [3.63, 3.8) is 0 Å². The minimum absolute atomic E-state index is 0.561.